The van der Waals surface area contributed by atoms with Crippen molar-refractivity contribution in [1.29, 1.82) is 0 Å². The molecule has 7 N–H and O–H groups in total. The van der Waals surface area contributed by atoms with Crippen molar-refractivity contribution < 1.29 is 32.7 Å². The number of rotatable bonds is 11. The lowest BCUT2D eigenvalue weighted by Gasteiger charge is -2.39. The van der Waals surface area contributed by atoms with Gasteiger partial charge in [0.2, 0.25) is 11.8 Å². The monoisotopic (exact) mass is 737 g/mol. The van der Waals surface area contributed by atoms with Crippen LogP contribution in [0.2, 0.25) is 0 Å². The van der Waals surface area contributed by atoms with E-state index in [4.69, 9.17) is 5.11 Å². The summed E-state index contributed by atoms with van der Waals surface area (Å²) >= 11 is 0. The number of nitrogens with zero attached hydrogens (tertiary/aromatic N) is 1. The molecule has 1 saturated heterocycles. The fourth-order valence-corrected chi connectivity index (χ4v) is 6.24. The number of likely N-dealkylation sites (N-methyl/N-ethyl adjacent to an activating group) is 1. The molecule has 2 saturated carbocycles. The summed E-state index contributed by atoms with van der Waals surface area (Å²) in [7, 11) is 1.14. The molecular weight excluding hydrogens is 660 g/mol. The maximum absolute atomic E-state index is 12.5. The number of hydrogen-bond donors (Lipinski definition) is 6. The molecule has 1 atom stereocenters. The SMILES string of the molecule is CC(C)(C)S(=O)(=O)CC1(NC(=O)NCC=O)CCCCC1.CC(C)C.CCCC.CN.CN1CCCC1C(=O)NCCC(=O)NC1CC1.CO. The number of aliphatic hydroxyl groups is 1. The number of nitrogens with two attached hydrogens (primary N) is 1. The zero-order valence-electron chi connectivity index (χ0n) is 33.5. The number of unbranched alkanes of at least 4 members (excludes halogenated alkanes) is 1. The van der Waals surface area contributed by atoms with Gasteiger partial charge in [0.15, 0.2) is 9.84 Å². The van der Waals surface area contributed by atoms with Gasteiger partial charge in [-0.2, -0.15) is 0 Å². The number of hydrogen-bond acceptors (Lipinski definition) is 9. The molecule has 0 aromatic heterocycles. The van der Waals surface area contributed by atoms with E-state index in [-0.39, 0.29) is 30.2 Å². The molecule has 0 radical (unpaired) electrons. The van der Waals surface area contributed by atoms with Gasteiger partial charge in [0.25, 0.3) is 0 Å². The average molecular weight is 737 g/mol. The maximum atomic E-state index is 12.5. The van der Waals surface area contributed by atoms with Gasteiger partial charge in [-0.3, -0.25) is 14.5 Å². The van der Waals surface area contributed by atoms with Crippen molar-refractivity contribution >= 4 is 34.0 Å². The molecule has 1 aliphatic heterocycles. The quantitative estimate of drug-likeness (QED) is 0.170. The van der Waals surface area contributed by atoms with Gasteiger partial charge in [0, 0.05) is 26.1 Å². The van der Waals surface area contributed by atoms with E-state index in [0.717, 1.165) is 64.5 Å². The lowest BCUT2D eigenvalue weighted by molar-refractivity contribution is -0.125. The Morgan fingerprint density at radius 3 is 1.86 bits per heavy atom. The van der Waals surface area contributed by atoms with Gasteiger partial charge < -0.3 is 36.9 Å². The summed E-state index contributed by atoms with van der Waals surface area (Å²) in [5.41, 5.74) is 3.78. The minimum Gasteiger partial charge on any atom is -0.400 e. The van der Waals surface area contributed by atoms with Crippen LogP contribution in [0.1, 0.15) is 132 Å². The molecule has 14 heteroatoms. The van der Waals surface area contributed by atoms with Crippen molar-refractivity contribution in [2.75, 3.05) is 46.6 Å². The minimum atomic E-state index is -3.33. The summed E-state index contributed by atoms with van der Waals surface area (Å²) in [5.74, 6) is 0.884. The highest BCUT2D eigenvalue weighted by atomic mass is 32.2. The Kier molecular flexibility index (Phi) is 30.5. The molecular formula is C36H76N6O7S. The molecule has 2 aliphatic carbocycles. The molecule has 0 spiro atoms. The second-order valence-electron chi connectivity index (χ2n) is 14.5. The van der Waals surface area contributed by atoms with Gasteiger partial charge in [0.05, 0.1) is 28.6 Å². The fraction of sp³-hybridized carbons (Fsp3) is 0.889. The van der Waals surface area contributed by atoms with E-state index in [1.54, 1.807) is 20.8 Å². The first-order valence-corrected chi connectivity index (χ1v) is 20.1. The third-order valence-electron chi connectivity index (χ3n) is 7.85. The molecule has 3 fully saturated rings. The van der Waals surface area contributed by atoms with Crippen molar-refractivity contribution in [2.45, 2.75) is 155 Å². The number of amides is 4. The van der Waals surface area contributed by atoms with Crippen molar-refractivity contribution in [3.63, 3.8) is 0 Å². The third kappa shape index (κ3) is 25.6. The molecule has 1 unspecified atom stereocenters. The van der Waals surface area contributed by atoms with Crippen molar-refractivity contribution in [3.05, 3.63) is 0 Å². The molecule has 0 bridgehead atoms. The van der Waals surface area contributed by atoms with Gasteiger partial charge >= 0.3 is 6.03 Å². The number of urea groups is 1. The van der Waals surface area contributed by atoms with Crippen LogP contribution in [-0.4, -0.2) is 112 Å². The van der Waals surface area contributed by atoms with Crippen LogP contribution in [-0.2, 0) is 24.2 Å². The largest absolute Gasteiger partial charge is 0.400 e. The van der Waals surface area contributed by atoms with Crippen LogP contribution in [0.25, 0.3) is 0 Å². The van der Waals surface area contributed by atoms with E-state index in [2.05, 4.69) is 66.5 Å². The van der Waals surface area contributed by atoms with Gasteiger partial charge in [0.1, 0.15) is 6.29 Å². The van der Waals surface area contributed by atoms with Crippen LogP contribution >= 0.6 is 0 Å². The minimum absolute atomic E-state index is 0.00138. The first-order valence-electron chi connectivity index (χ1n) is 18.4. The maximum Gasteiger partial charge on any atom is 0.315 e. The van der Waals surface area contributed by atoms with Crippen molar-refractivity contribution in [3.8, 4) is 0 Å². The summed E-state index contributed by atoms with van der Waals surface area (Å²) < 4.78 is 24.1. The summed E-state index contributed by atoms with van der Waals surface area (Å²) in [6.07, 6.45) is 12.0. The zero-order valence-corrected chi connectivity index (χ0v) is 34.3. The topological polar surface area (TPSA) is 200 Å². The van der Waals surface area contributed by atoms with Gasteiger partial charge in [-0.05, 0) is 85.9 Å². The zero-order chi connectivity index (χ0) is 39.4. The molecule has 1 heterocycles. The molecule has 0 aromatic carbocycles. The van der Waals surface area contributed by atoms with Crippen LogP contribution < -0.4 is 27.0 Å². The summed E-state index contributed by atoms with van der Waals surface area (Å²) in [6.45, 7) is 17.2. The summed E-state index contributed by atoms with van der Waals surface area (Å²) in [4.78, 5) is 47.4. The van der Waals surface area contributed by atoms with E-state index >= 15 is 0 Å². The molecule has 0 aromatic rings. The number of sulfone groups is 1. The second kappa shape index (κ2) is 29.3. The highest BCUT2D eigenvalue weighted by Gasteiger charge is 2.42. The Hall–Kier alpha value is -2.29. The molecule has 3 rings (SSSR count). The van der Waals surface area contributed by atoms with Gasteiger partial charge in [-0.15, -0.1) is 0 Å². The van der Waals surface area contributed by atoms with Gasteiger partial charge in [-0.1, -0.05) is 66.7 Å². The first-order chi connectivity index (χ1) is 23.4. The second-order valence-corrected chi connectivity index (χ2v) is 17.2. The van der Waals surface area contributed by atoms with Gasteiger partial charge in [-0.25, -0.2) is 13.2 Å². The normalized spacial score (nSPS) is 17.8. The van der Waals surface area contributed by atoms with E-state index in [1.807, 2.05) is 7.05 Å². The number of nitrogens with one attached hydrogen (secondary N) is 4. The predicted molar refractivity (Wildman–Crippen MR) is 206 cm³/mol. The standard InChI is InChI=1S/C14H26N2O4S.C12H21N3O2.2C4H10.CH5N.CH4O/c1-13(2,3)21(19,20)11-14(7-5-4-6-8-14)16-12(18)15-9-10-17;1-15-8-2-3-10(15)12(17)13-7-6-11(16)14-9-4-5-9;1-4(2)3;1-3-4-2;2*1-2/h10H,4-9,11H2,1-3H3,(H2,15,16,18);9-10H,2-8H2,1H3,(H,13,17)(H,14,16);4H,1-3H3;3-4H2,1-2H3;2H2,1H3;2H,1H3. The smallest absolute Gasteiger partial charge is 0.315 e. The lowest BCUT2D eigenvalue weighted by Crippen LogP contribution is -2.58. The fourth-order valence-electron chi connectivity index (χ4n) is 4.72. The Morgan fingerprint density at radius 1 is 0.940 bits per heavy atom. The first kappa shape index (κ1) is 52.1. The Bertz CT molecular complexity index is 1000. The highest BCUT2D eigenvalue weighted by Crippen LogP contribution is 2.32. The van der Waals surface area contributed by atoms with Crippen molar-refractivity contribution in [1.82, 2.24) is 26.2 Å². The number of carbonyl (C=O) groups excluding carboxylic acids is 4. The number of likely N-dealkylation sites (tertiary alicyclic amines) is 1. The molecule has 50 heavy (non-hydrogen) atoms. The average Bonchev–Trinajstić information content (AvgIpc) is 3.76. The van der Waals surface area contributed by atoms with Crippen LogP contribution in [0.3, 0.4) is 0 Å². The molecule has 298 valence electrons. The van der Waals surface area contributed by atoms with E-state index in [0.29, 0.717) is 38.1 Å². The number of aliphatic hydroxyl groups excluding tert-OH is 1. The third-order valence-corrected chi connectivity index (χ3v) is 10.7. The molecule has 3 aliphatic rings. The van der Waals surface area contributed by atoms with Crippen molar-refractivity contribution in [2.24, 2.45) is 11.7 Å². The van der Waals surface area contributed by atoms with E-state index in [9.17, 15) is 27.6 Å². The van der Waals surface area contributed by atoms with Crippen LogP contribution in [0.4, 0.5) is 4.79 Å². The lowest BCUT2D eigenvalue weighted by atomic mass is 9.83. The number of carbonyl (C=O) groups is 4. The van der Waals surface area contributed by atoms with Crippen LogP contribution in [0.5, 0.6) is 0 Å². The molecule has 13 nitrogen and oxygen atoms in total. The Labute approximate surface area is 305 Å². The predicted octanol–water partition coefficient (Wildman–Crippen LogP) is 3.92. The summed E-state index contributed by atoms with van der Waals surface area (Å²) in [6, 6.07) is -0.0752. The van der Waals surface area contributed by atoms with E-state index in [1.165, 1.54) is 19.9 Å². The molecule has 4 amide bonds. The Morgan fingerprint density at radius 2 is 1.46 bits per heavy atom. The van der Waals surface area contributed by atoms with E-state index < -0.39 is 26.2 Å². The highest BCUT2D eigenvalue weighted by molar-refractivity contribution is 7.92. The Balaban J connectivity index is -0.000000678. The summed E-state index contributed by atoms with van der Waals surface area (Å²) in [5, 5.41) is 18.0. The number of aldehydes is 1. The van der Waals surface area contributed by atoms with Crippen LogP contribution in [0, 0.1) is 5.92 Å². The van der Waals surface area contributed by atoms with Crippen LogP contribution in [0.15, 0.2) is 0 Å².